The summed E-state index contributed by atoms with van der Waals surface area (Å²) in [5.41, 5.74) is 2.44. The maximum absolute atomic E-state index is 4.33. The molecule has 0 spiro atoms. The molecule has 0 aromatic carbocycles. The minimum absolute atomic E-state index is 0.418. The summed E-state index contributed by atoms with van der Waals surface area (Å²) in [6, 6.07) is 0.418. The molecule has 0 atom stereocenters. The van der Waals surface area contributed by atoms with E-state index in [2.05, 4.69) is 48.7 Å². The van der Waals surface area contributed by atoms with Crippen LogP contribution in [-0.4, -0.2) is 19.6 Å². The number of aryl methyl sites for hydroxylation is 1. The van der Waals surface area contributed by atoms with E-state index in [9.17, 15) is 0 Å². The fourth-order valence-electron chi connectivity index (χ4n) is 1.95. The monoisotopic (exact) mass is 261 g/mol. The Morgan fingerprint density at radius 1 is 1.11 bits per heavy atom. The van der Waals surface area contributed by atoms with E-state index in [0.717, 1.165) is 26.1 Å². The van der Waals surface area contributed by atoms with Crippen LogP contribution in [0.5, 0.6) is 0 Å². The molecule has 2 aromatic rings. The molecular formula is C14H23N5. The lowest BCUT2D eigenvalue weighted by Gasteiger charge is -2.03. The van der Waals surface area contributed by atoms with Crippen LogP contribution < -0.4 is 5.32 Å². The summed E-state index contributed by atoms with van der Waals surface area (Å²) in [6.45, 7) is 9.09. The fraction of sp³-hybridized carbons (Fsp3) is 0.571. The summed E-state index contributed by atoms with van der Waals surface area (Å²) in [7, 11) is 0. The normalized spacial score (nSPS) is 11.4. The molecule has 0 unspecified atom stereocenters. The van der Waals surface area contributed by atoms with Crippen molar-refractivity contribution in [2.45, 2.75) is 52.9 Å². The van der Waals surface area contributed by atoms with E-state index in [1.54, 1.807) is 0 Å². The van der Waals surface area contributed by atoms with Gasteiger partial charge in [-0.2, -0.15) is 10.2 Å². The van der Waals surface area contributed by atoms with Crippen LogP contribution in [0.25, 0.3) is 0 Å². The molecule has 5 nitrogen and oxygen atoms in total. The first-order valence-electron chi connectivity index (χ1n) is 6.94. The van der Waals surface area contributed by atoms with Gasteiger partial charge in [0.05, 0.1) is 12.4 Å². The number of hydrogen-bond donors (Lipinski definition) is 1. The fourth-order valence-corrected chi connectivity index (χ4v) is 1.95. The average Bonchev–Trinajstić information content (AvgIpc) is 2.99. The minimum atomic E-state index is 0.418. The van der Waals surface area contributed by atoms with Gasteiger partial charge in [-0.05, 0) is 20.3 Å². The van der Waals surface area contributed by atoms with Crippen LogP contribution in [0.4, 0.5) is 0 Å². The van der Waals surface area contributed by atoms with E-state index in [4.69, 9.17) is 0 Å². The summed E-state index contributed by atoms with van der Waals surface area (Å²) in [4.78, 5) is 0. The Kier molecular flexibility index (Phi) is 4.74. The molecule has 0 amide bonds. The van der Waals surface area contributed by atoms with Crippen molar-refractivity contribution in [1.82, 2.24) is 24.9 Å². The number of rotatable bonds is 7. The Morgan fingerprint density at radius 3 is 2.42 bits per heavy atom. The topological polar surface area (TPSA) is 47.7 Å². The summed E-state index contributed by atoms with van der Waals surface area (Å²) < 4.78 is 3.98. The predicted molar refractivity (Wildman–Crippen MR) is 75.7 cm³/mol. The summed E-state index contributed by atoms with van der Waals surface area (Å²) in [6.07, 6.45) is 9.17. The molecule has 0 saturated carbocycles. The quantitative estimate of drug-likeness (QED) is 0.832. The number of hydrogen-bond acceptors (Lipinski definition) is 3. The summed E-state index contributed by atoms with van der Waals surface area (Å²) >= 11 is 0. The third-order valence-electron chi connectivity index (χ3n) is 2.98. The first kappa shape index (κ1) is 13.8. The molecule has 1 N–H and O–H groups in total. The smallest absolute Gasteiger partial charge is 0.0534 e. The second-order valence-corrected chi connectivity index (χ2v) is 5.14. The molecule has 0 aliphatic carbocycles. The van der Waals surface area contributed by atoms with Crippen LogP contribution in [0.2, 0.25) is 0 Å². The first-order valence-corrected chi connectivity index (χ1v) is 6.94. The Bertz CT molecular complexity index is 497. The second kappa shape index (κ2) is 6.52. The van der Waals surface area contributed by atoms with Gasteiger partial charge in [0.2, 0.25) is 0 Å². The zero-order valence-electron chi connectivity index (χ0n) is 12.0. The lowest BCUT2D eigenvalue weighted by Crippen LogP contribution is -2.12. The Balaban J connectivity index is 1.78. The highest BCUT2D eigenvalue weighted by Crippen LogP contribution is 2.05. The molecular weight excluding hydrogens is 238 g/mol. The van der Waals surface area contributed by atoms with Crippen LogP contribution in [0.15, 0.2) is 24.8 Å². The second-order valence-electron chi connectivity index (χ2n) is 5.14. The van der Waals surface area contributed by atoms with E-state index in [1.807, 2.05) is 21.8 Å². The van der Waals surface area contributed by atoms with E-state index >= 15 is 0 Å². The minimum Gasteiger partial charge on any atom is -0.308 e. The molecule has 0 saturated heterocycles. The van der Waals surface area contributed by atoms with Crippen LogP contribution in [-0.2, 0) is 19.6 Å². The van der Waals surface area contributed by atoms with Gasteiger partial charge in [-0.1, -0.05) is 6.92 Å². The van der Waals surface area contributed by atoms with Crippen molar-refractivity contribution in [3.8, 4) is 0 Å². The van der Waals surface area contributed by atoms with Gasteiger partial charge in [-0.3, -0.25) is 9.36 Å². The van der Waals surface area contributed by atoms with E-state index < -0.39 is 0 Å². The highest BCUT2D eigenvalue weighted by molar-refractivity contribution is 5.06. The lowest BCUT2D eigenvalue weighted by molar-refractivity contribution is 0.531. The molecule has 19 heavy (non-hydrogen) atoms. The first-order chi connectivity index (χ1) is 9.19. The standard InChI is InChI=1S/C14H23N5/c1-4-5-18-10-13(8-16-18)6-15-7-14-9-17-19(11-14)12(2)3/h8-12,15H,4-7H2,1-3H3. The van der Waals surface area contributed by atoms with Gasteiger partial charge in [0.25, 0.3) is 0 Å². The zero-order valence-corrected chi connectivity index (χ0v) is 12.0. The van der Waals surface area contributed by atoms with E-state index in [-0.39, 0.29) is 0 Å². The predicted octanol–water partition coefficient (Wildman–Crippen LogP) is 2.36. The van der Waals surface area contributed by atoms with Crippen LogP contribution in [0, 0.1) is 0 Å². The van der Waals surface area contributed by atoms with Gasteiger partial charge < -0.3 is 5.32 Å². The highest BCUT2D eigenvalue weighted by atomic mass is 15.3. The lowest BCUT2D eigenvalue weighted by atomic mass is 10.3. The molecule has 5 heteroatoms. The van der Waals surface area contributed by atoms with Crippen molar-refractivity contribution in [2.24, 2.45) is 0 Å². The van der Waals surface area contributed by atoms with Crippen molar-refractivity contribution < 1.29 is 0 Å². The van der Waals surface area contributed by atoms with Crippen LogP contribution in [0.3, 0.4) is 0 Å². The van der Waals surface area contributed by atoms with E-state index in [0.29, 0.717) is 6.04 Å². The molecule has 104 valence electrons. The molecule has 0 aliphatic rings. The molecule has 2 rings (SSSR count). The van der Waals surface area contributed by atoms with Gasteiger partial charge >= 0.3 is 0 Å². The Hall–Kier alpha value is -1.62. The number of aromatic nitrogens is 4. The Morgan fingerprint density at radius 2 is 1.79 bits per heavy atom. The molecule has 2 aromatic heterocycles. The number of nitrogens with one attached hydrogen (secondary N) is 1. The summed E-state index contributed by atoms with van der Waals surface area (Å²) in [5.74, 6) is 0. The Labute approximate surface area is 114 Å². The number of nitrogens with zero attached hydrogens (tertiary/aromatic N) is 4. The van der Waals surface area contributed by atoms with Gasteiger partial charge in [-0.15, -0.1) is 0 Å². The van der Waals surface area contributed by atoms with Gasteiger partial charge in [-0.25, -0.2) is 0 Å². The van der Waals surface area contributed by atoms with Gasteiger partial charge in [0, 0.05) is 49.2 Å². The largest absolute Gasteiger partial charge is 0.308 e. The SMILES string of the molecule is CCCn1cc(CNCc2cnn(C(C)C)c2)cn1. The van der Waals surface area contributed by atoms with Crippen molar-refractivity contribution in [1.29, 1.82) is 0 Å². The van der Waals surface area contributed by atoms with Gasteiger partial charge in [0.1, 0.15) is 0 Å². The van der Waals surface area contributed by atoms with Crippen molar-refractivity contribution in [2.75, 3.05) is 0 Å². The average molecular weight is 261 g/mol. The van der Waals surface area contributed by atoms with Crippen molar-refractivity contribution >= 4 is 0 Å². The van der Waals surface area contributed by atoms with Crippen molar-refractivity contribution in [3.05, 3.63) is 35.9 Å². The highest BCUT2D eigenvalue weighted by Gasteiger charge is 2.02. The molecule has 2 heterocycles. The molecule has 0 bridgehead atoms. The van der Waals surface area contributed by atoms with Crippen molar-refractivity contribution in [3.63, 3.8) is 0 Å². The van der Waals surface area contributed by atoms with Crippen LogP contribution >= 0.6 is 0 Å². The third-order valence-corrected chi connectivity index (χ3v) is 2.98. The van der Waals surface area contributed by atoms with Crippen LogP contribution in [0.1, 0.15) is 44.4 Å². The summed E-state index contributed by atoms with van der Waals surface area (Å²) in [5, 5.41) is 12.1. The third kappa shape index (κ3) is 3.92. The molecule has 0 radical (unpaired) electrons. The maximum Gasteiger partial charge on any atom is 0.0534 e. The zero-order chi connectivity index (χ0) is 13.7. The van der Waals surface area contributed by atoms with E-state index in [1.165, 1.54) is 11.1 Å². The maximum atomic E-state index is 4.33. The van der Waals surface area contributed by atoms with Gasteiger partial charge in [0.15, 0.2) is 0 Å². The molecule has 0 fully saturated rings. The molecule has 0 aliphatic heterocycles.